The summed E-state index contributed by atoms with van der Waals surface area (Å²) in [5.74, 6) is -1.39. The predicted molar refractivity (Wildman–Crippen MR) is 103 cm³/mol. The minimum absolute atomic E-state index is 0.178. The maximum absolute atomic E-state index is 12.4. The standard InChI is InChI=1S/C19H20N2O5S/c1-12(14-7-5-4-6-8-14)20-18(22)13(2)26-19(23)16-11-15(27-3)9-10-17(16)21(24)25/h4-13H,1-3H3,(H,20,22). The van der Waals surface area contributed by atoms with Crippen molar-refractivity contribution in [2.45, 2.75) is 30.9 Å². The first kappa shape index (κ1) is 20.4. The maximum Gasteiger partial charge on any atom is 0.345 e. The molecule has 0 saturated carbocycles. The number of carbonyl (C=O) groups excluding carboxylic acids is 2. The molecule has 1 N–H and O–H groups in total. The van der Waals surface area contributed by atoms with Gasteiger partial charge in [-0.1, -0.05) is 30.3 Å². The zero-order valence-corrected chi connectivity index (χ0v) is 16.0. The summed E-state index contributed by atoms with van der Waals surface area (Å²) in [7, 11) is 0. The average Bonchev–Trinajstić information content (AvgIpc) is 2.67. The molecule has 0 fully saturated rings. The van der Waals surface area contributed by atoms with Crippen LogP contribution in [0, 0.1) is 10.1 Å². The highest BCUT2D eigenvalue weighted by atomic mass is 32.2. The number of benzene rings is 2. The van der Waals surface area contributed by atoms with Crippen molar-refractivity contribution in [2.75, 3.05) is 6.26 Å². The molecular weight excluding hydrogens is 368 g/mol. The van der Waals surface area contributed by atoms with Crippen LogP contribution in [0.15, 0.2) is 53.4 Å². The van der Waals surface area contributed by atoms with Gasteiger partial charge in [0.25, 0.3) is 11.6 Å². The van der Waals surface area contributed by atoms with Crippen molar-refractivity contribution >= 4 is 29.3 Å². The molecule has 2 rings (SSSR count). The van der Waals surface area contributed by atoms with E-state index in [2.05, 4.69) is 5.32 Å². The third kappa shape index (κ3) is 5.30. The lowest BCUT2D eigenvalue weighted by Gasteiger charge is -2.18. The highest BCUT2D eigenvalue weighted by Crippen LogP contribution is 2.25. The largest absolute Gasteiger partial charge is 0.449 e. The third-order valence-corrected chi connectivity index (χ3v) is 4.66. The highest BCUT2D eigenvalue weighted by molar-refractivity contribution is 7.98. The van der Waals surface area contributed by atoms with E-state index in [9.17, 15) is 19.7 Å². The van der Waals surface area contributed by atoms with E-state index in [1.807, 2.05) is 37.3 Å². The van der Waals surface area contributed by atoms with E-state index in [1.165, 1.54) is 30.8 Å². The van der Waals surface area contributed by atoms with Crippen molar-refractivity contribution in [1.29, 1.82) is 0 Å². The molecule has 2 atom stereocenters. The van der Waals surface area contributed by atoms with E-state index in [1.54, 1.807) is 12.3 Å². The van der Waals surface area contributed by atoms with Gasteiger partial charge in [-0.05, 0) is 37.8 Å². The Bertz CT molecular complexity index is 841. The summed E-state index contributed by atoms with van der Waals surface area (Å²) >= 11 is 1.34. The van der Waals surface area contributed by atoms with E-state index in [0.29, 0.717) is 4.90 Å². The Kier molecular flexibility index (Phi) is 6.95. The number of nitrogens with zero attached hydrogens (tertiary/aromatic N) is 1. The van der Waals surface area contributed by atoms with E-state index < -0.39 is 22.9 Å². The molecule has 8 heteroatoms. The lowest BCUT2D eigenvalue weighted by atomic mass is 10.1. The number of nitro groups is 1. The number of esters is 1. The number of ether oxygens (including phenoxy) is 1. The Balaban J connectivity index is 2.08. The molecule has 1 amide bonds. The number of nitrogens with one attached hydrogen (secondary N) is 1. The molecule has 2 aromatic carbocycles. The third-order valence-electron chi connectivity index (χ3n) is 3.93. The van der Waals surface area contributed by atoms with Gasteiger partial charge in [0, 0.05) is 11.0 Å². The Morgan fingerprint density at radius 3 is 2.41 bits per heavy atom. The number of nitro benzene ring substituents is 1. The summed E-state index contributed by atoms with van der Waals surface area (Å²) in [5.41, 5.74) is 0.373. The molecule has 142 valence electrons. The topological polar surface area (TPSA) is 98.5 Å². The number of carbonyl (C=O) groups is 2. The van der Waals surface area contributed by atoms with Gasteiger partial charge in [-0.2, -0.15) is 0 Å². The molecule has 0 aliphatic rings. The fraction of sp³-hybridized carbons (Fsp3) is 0.263. The highest BCUT2D eigenvalue weighted by Gasteiger charge is 2.26. The van der Waals surface area contributed by atoms with Crippen LogP contribution in [0.2, 0.25) is 0 Å². The van der Waals surface area contributed by atoms with Crippen LogP contribution in [-0.4, -0.2) is 29.2 Å². The molecule has 2 unspecified atom stereocenters. The Hall–Kier alpha value is -2.87. The van der Waals surface area contributed by atoms with Gasteiger partial charge in [0.2, 0.25) is 0 Å². The first-order valence-electron chi connectivity index (χ1n) is 8.22. The summed E-state index contributed by atoms with van der Waals surface area (Å²) in [6, 6.07) is 13.3. The minimum atomic E-state index is -1.10. The van der Waals surface area contributed by atoms with Crippen LogP contribution in [-0.2, 0) is 9.53 Å². The minimum Gasteiger partial charge on any atom is -0.449 e. The van der Waals surface area contributed by atoms with Crippen LogP contribution < -0.4 is 5.32 Å². The number of amides is 1. The summed E-state index contributed by atoms with van der Waals surface area (Å²) in [5, 5.41) is 13.9. The van der Waals surface area contributed by atoms with Gasteiger partial charge in [0.15, 0.2) is 6.10 Å². The van der Waals surface area contributed by atoms with Crippen LogP contribution >= 0.6 is 11.8 Å². The van der Waals surface area contributed by atoms with Crippen molar-refractivity contribution in [3.63, 3.8) is 0 Å². The lowest BCUT2D eigenvalue weighted by Crippen LogP contribution is -2.37. The fourth-order valence-corrected chi connectivity index (χ4v) is 2.84. The summed E-state index contributed by atoms with van der Waals surface area (Å²) < 4.78 is 5.16. The average molecular weight is 388 g/mol. The van der Waals surface area contributed by atoms with Crippen LogP contribution in [0.4, 0.5) is 5.69 Å². The van der Waals surface area contributed by atoms with Crippen LogP contribution in [0.3, 0.4) is 0 Å². The van der Waals surface area contributed by atoms with Crippen LogP contribution in [0.5, 0.6) is 0 Å². The Morgan fingerprint density at radius 2 is 1.81 bits per heavy atom. The Morgan fingerprint density at radius 1 is 1.15 bits per heavy atom. The second-order valence-electron chi connectivity index (χ2n) is 5.83. The molecule has 0 bridgehead atoms. The summed E-state index contributed by atoms with van der Waals surface area (Å²) in [6.45, 7) is 3.24. The molecule has 0 aromatic heterocycles. The normalized spacial score (nSPS) is 12.7. The molecule has 2 aromatic rings. The van der Waals surface area contributed by atoms with Crippen molar-refractivity contribution in [2.24, 2.45) is 0 Å². The fourth-order valence-electron chi connectivity index (χ4n) is 2.40. The quantitative estimate of drug-likeness (QED) is 0.336. The van der Waals surface area contributed by atoms with Crippen molar-refractivity contribution in [3.05, 3.63) is 69.8 Å². The predicted octanol–water partition coefficient (Wildman–Crippen LogP) is 3.74. The zero-order valence-electron chi connectivity index (χ0n) is 15.2. The number of thioether (sulfide) groups is 1. The van der Waals surface area contributed by atoms with Crippen LogP contribution in [0.1, 0.15) is 35.8 Å². The molecule has 0 aliphatic carbocycles. The first-order chi connectivity index (χ1) is 12.8. The second-order valence-corrected chi connectivity index (χ2v) is 6.71. The van der Waals surface area contributed by atoms with E-state index >= 15 is 0 Å². The monoisotopic (exact) mass is 388 g/mol. The van der Waals surface area contributed by atoms with Gasteiger partial charge < -0.3 is 10.1 Å². The molecule has 0 spiro atoms. The van der Waals surface area contributed by atoms with E-state index in [-0.39, 0.29) is 17.3 Å². The second kappa shape index (κ2) is 9.18. The smallest absolute Gasteiger partial charge is 0.345 e. The molecule has 0 aliphatic heterocycles. The van der Waals surface area contributed by atoms with Crippen molar-refractivity contribution in [3.8, 4) is 0 Å². The van der Waals surface area contributed by atoms with Crippen molar-refractivity contribution < 1.29 is 19.2 Å². The van der Waals surface area contributed by atoms with E-state index in [4.69, 9.17) is 4.74 Å². The summed E-state index contributed by atoms with van der Waals surface area (Å²) in [4.78, 5) is 35.9. The maximum atomic E-state index is 12.4. The van der Waals surface area contributed by atoms with Gasteiger partial charge in [-0.3, -0.25) is 14.9 Å². The van der Waals surface area contributed by atoms with Crippen LogP contribution in [0.25, 0.3) is 0 Å². The molecule has 7 nitrogen and oxygen atoms in total. The van der Waals surface area contributed by atoms with Gasteiger partial charge in [-0.25, -0.2) is 4.79 Å². The zero-order chi connectivity index (χ0) is 20.0. The lowest BCUT2D eigenvalue weighted by molar-refractivity contribution is -0.385. The summed E-state index contributed by atoms with van der Waals surface area (Å²) in [6.07, 6.45) is 0.693. The molecular formula is C19H20N2O5S. The van der Waals surface area contributed by atoms with Gasteiger partial charge in [0.05, 0.1) is 11.0 Å². The molecule has 0 heterocycles. The Labute approximate surface area is 161 Å². The molecule has 0 saturated heterocycles. The first-order valence-corrected chi connectivity index (χ1v) is 9.44. The number of rotatable bonds is 7. The van der Waals surface area contributed by atoms with Gasteiger partial charge in [0.1, 0.15) is 5.56 Å². The molecule has 0 radical (unpaired) electrons. The SMILES string of the molecule is CSc1ccc([N+](=O)[O-])c(C(=O)OC(C)C(=O)NC(C)c2ccccc2)c1. The number of hydrogen-bond acceptors (Lipinski definition) is 6. The van der Waals surface area contributed by atoms with Crippen molar-refractivity contribution in [1.82, 2.24) is 5.32 Å². The van der Waals surface area contributed by atoms with Gasteiger partial charge >= 0.3 is 5.97 Å². The van der Waals surface area contributed by atoms with E-state index in [0.717, 1.165) is 5.56 Å². The van der Waals surface area contributed by atoms with Gasteiger partial charge in [-0.15, -0.1) is 11.8 Å². The molecule has 27 heavy (non-hydrogen) atoms. The number of hydrogen-bond donors (Lipinski definition) is 1.